The summed E-state index contributed by atoms with van der Waals surface area (Å²) in [7, 11) is 0. The Bertz CT molecular complexity index is 589. The first-order valence-corrected chi connectivity index (χ1v) is 8.53. The second-order valence-electron chi connectivity index (χ2n) is 5.38. The summed E-state index contributed by atoms with van der Waals surface area (Å²) in [6.45, 7) is 3.23. The minimum Gasteiger partial charge on any atom is -0.466 e. The molecule has 5 nitrogen and oxygen atoms in total. The molecule has 1 N–H and O–H groups in total. The van der Waals surface area contributed by atoms with E-state index in [1.165, 1.54) is 0 Å². The number of hydrogen-bond acceptors (Lipinski definition) is 3. The molecule has 1 aliphatic rings. The van der Waals surface area contributed by atoms with Gasteiger partial charge in [0.2, 0.25) is 0 Å². The zero-order chi connectivity index (χ0) is 16.7. The summed E-state index contributed by atoms with van der Waals surface area (Å²) in [5.74, 6) is -0.432. The number of nitrogens with one attached hydrogen (secondary N) is 1. The van der Waals surface area contributed by atoms with Gasteiger partial charge in [-0.3, -0.25) is 4.79 Å². The zero-order valence-electron chi connectivity index (χ0n) is 13.1. The van der Waals surface area contributed by atoms with E-state index in [0.717, 1.165) is 22.9 Å². The maximum Gasteiger partial charge on any atom is 0.321 e. The van der Waals surface area contributed by atoms with Crippen LogP contribution in [0.4, 0.5) is 4.79 Å². The van der Waals surface area contributed by atoms with E-state index < -0.39 is 0 Å². The molecule has 124 valence electrons. The topological polar surface area (TPSA) is 58.6 Å². The maximum atomic E-state index is 12.2. The third-order valence-corrected chi connectivity index (χ3v) is 4.15. The molecule has 1 heterocycles. The van der Waals surface area contributed by atoms with Gasteiger partial charge >= 0.3 is 12.0 Å². The van der Waals surface area contributed by atoms with Crippen molar-refractivity contribution < 1.29 is 14.3 Å². The van der Waals surface area contributed by atoms with Crippen LogP contribution in [0, 0.1) is 5.92 Å². The molecule has 2 amide bonds. The summed E-state index contributed by atoms with van der Waals surface area (Å²) in [6, 6.07) is 7.59. The third kappa shape index (κ3) is 5.39. The number of likely N-dealkylation sites (tertiary alicyclic amines) is 1. The van der Waals surface area contributed by atoms with Crippen molar-refractivity contribution in [3.05, 3.63) is 40.5 Å². The molecule has 1 atom stereocenters. The minimum atomic E-state index is -0.219. The largest absolute Gasteiger partial charge is 0.466 e. The average Bonchev–Trinajstić information content (AvgIpc) is 2.55. The maximum absolute atomic E-state index is 12.2. The van der Waals surface area contributed by atoms with Crippen LogP contribution in [0.1, 0.15) is 25.3 Å². The Hall–Kier alpha value is -1.82. The molecule has 0 aromatic heterocycles. The van der Waals surface area contributed by atoms with Gasteiger partial charge < -0.3 is 15.0 Å². The SMILES string of the molecule is CCOC(=O)C1CCCN(C(=O)N/C=C/c2cccc(Br)c2)C1. The number of nitrogens with zero attached hydrogens (tertiary/aromatic N) is 1. The summed E-state index contributed by atoms with van der Waals surface area (Å²) < 4.78 is 6.03. The molecule has 0 radical (unpaired) electrons. The summed E-state index contributed by atoms with van der Waals surface area (Å²) in [4.78, 5) is 25.6. The van der Waals surface area contributed by atoms with Crippen molar-refractivity contribution in [2.45, 2.75) is 19.8 Å². The lowest BCUT2D eigenvalue weighted by molar-refractivity contribution is -0.149. The van der Waals surface area contributed by atoms with E-state index in [9.17, 15) is 9.59 Å². The lowest BCUT2D eigenvalue weighted by Crippen LogP contribution is -2.46. The van der Waals surface area contributed by atoms with Gasteiger partial charge in [-0.1, -0.05) is 28.1 Å². The fourth-order valence-electron chi connectivity index (χ4n) is 2.52. The van der Waals surface area contributed by atoms with E-state index in [-0.39, 0.29) is 17.9 Å². The fraction of sp³-hybridized carbons (Fsp3) is 0.412. The number of esters is 1. The molecule has 1 aromatic rings. The predicted octanol–water partition coefficient (Wildman–Crippen LogP) is 3.40. The molecule has 1 aliphatic heterocycles. The van der Waals surface area contributed by atoms with Gasteiger partial charge in [0, 0.05) is 23.8 Å². The molecule has 0 saturated carbocycles. The highest BCUT2D eigenvalue weighted by Crippen LogP contribution is 2.18. The lowest BCUT2D eigenvalue weighted by atomic mass is 9.98. The van der Waals surface area contributed by atoms with Gasteiger partial charge in [-0.05, 0) is 43.5 Å². The number of hydrogen-bond donors (Lipinski definition) is 1. The number of carbonyl (C=O) groups is 2. The first-order chi connectivity index (χ1) is 11.1. The van der Waals surface area contributed by atoms with Crippen molar-refractivity contribution >= 4 is 34.0 Å². The summed E-state index contributed by atoms with van der Waals surface area (Å²) in [5.41, 5.74) is 0.989. The zero-order valence-corrected chi connectivity index (χ0v) is 14.7. The van der Waals surface area contributed by atoms with Crippen LogP contribution in [0.3, 0.4) is 0 Å². The van der Waals surface area contributed by atoms with Crippen molar-refractivity contribution in [1.82, 2.24) is 10.2 Å². The number of benzene rings is 1. The molecule has 1 aromatic carbocycles. The van der Waals surface area contributed by atoms with Crippen molar-refractivity contribution in [1.29, 1.82) is 0 Å². The number of carbonyl (C=O) groups excluding carboxylic acids is 2. The van der Waals surface area contributed by atoms with Gasteiger partial charge in [0.05, 0.1) is 12.5 Å². The number of amides is 2. The van der Waals surface area contributed by atoms with E-state index in [2.05, 4.69) is 21.2 Å². The highest BCUT2D eigenvalue weighted by Gasteiger charge is 2.28. The van der Waals surface area contributed by atoms with Gasteiger partial charge in [0.1, 0.15) is 0 Å². The Morgan fingerprint density at radius 3 is 3.04 bits per heavy atom. The first-order valence-electron chi connectivity index (χ1n) is 7.74. The van der Waals surface area contributed by atoms with Gasteiger partial charge in [-0.2, -0.15) is 0 Å². The van der Waals surface area contributed by atoms with Crippen molar-refractivity contribution in [2.24, 2.45) is 5.92 Å². The van der Waals surface area contributed by atoms with E-state index in [1.807, 2.05) is 30.3 Å². The molecule has 0 spiro atoms. The molecule has 2 rings (SSSR count). The predicted molar refractivity (Wildman–Crippen MR) is 92.6 cm³/mol. The molecule has 1 fully saturated rings. The molecule has 1 unspecified atom stereocenters. The standard InChI is InChI=1S/C17H21BrN2O3/c1-2-23-16(21)14-6-4-10-20(12-14)17(22)19-9-8-13-5-3-7-15(18)11-13/h3,5,7-9,11,14H,2,4,6,10,12H2,1H3,(H,19,22)/b9-8+. The summed E-state index contributed by atoms with van der Waals surface area (Å²) in [6.07, 6.45) is 5.04. The normalized spacial score (nSPS) is 18.0. The van der Waals surface area contributed by atoms with Crippen molar-refractivity contribution in [3.8, 4) is 0 Å². The van der Waals surface area contributed by atoms with Crippen LogP contribution in [0.15, 0.2) is 34.9 Å². The molecule has 1 saturated heterocycles. The average molecular weight is 381 g/mol. The van der Waals surface area contributed by atoms with Crippen LogP contribution in [-0.2, 0) is 9.53 Å². The third-order valence-electron chi connectivity index (χ3n) is 3.66. The van der Waals surface area contributed by atoms with Crippen LogP contribution >= 0.6 is 15.9 Å². The Morgan fingerprint density at radius 1 is 1.48 bits per heavy atom. The molecule has 6 heteroatoms. The number of ether oxygens (including phenoxy) is 1. The van der Waals surface area contributed by atoms with E-state index >= 15 is 0 Å². The number of urea groups is 1. The van der Waals surface area contributed by atoms with Crippen LogP contribution < -0.4 is 5.32 Å². The van der Waals surface area contributed by atoms with E-state index in [1.54, 1.807) is 18.0 Å². The number of rotatable bonds is 4. The van der Waals surface area contributed by atoms with Crippen LogP contribution in [0.25, 0.3) is 6.08 Å². The van der Waals surface area contributed by atoms with Gasteiger partial charge in [0.25, 0.3) is 0 Å². The van der Waals surface area contributed by atoms with E-state index in [4.69, 9.17) is 4.74 Å². The number of halogens is 1. The quantitative estimate of drug-likeness (QED) is 0.814. The Labute approximate surface area is 144 Å². The van der Waals surface area contributed by atoms with Gasteiger partial charge in [-0.15, -0.1) is 0 Å². The van der Waals surface area contributed by atoms with Crippen molar-refractivity contribution in [3.63, 3.8) is 0 Å². The Balaban J connectivity index is 1.86. The molecular formula is C17H21BrN2O3. The minimum absolute atomic E-state index is 0.190. The molecule has 0 bridgehead atoms. The highest BCUT2D eigenvalue weighted by molar-refractivity contribution is 9.10. The monoisotopic (exact) mass is 380 g/mol. The number of piperidine rings is 1. The molecular weight excluding hydrogens is 360 g/mol. The fourth-order valence-corrected chi connectivity index (χ4v) is 2.94. The van der Waals surface area contributed by atoms with Crippen LogP contribution in [0.2, 0.25) is 0 Å². The molecule has 23 heavy (non-hydrogen) atoms. The second-order valence-corrected chi connectivity index (χ2v) is 6.29. The Kier molecular flexibility index (Phi) is 6.65. The van der Waals surface area contributed by atoms with Gasteiger partial charge in [-0.25, -0.2) is 4.79 Å². The lowest BCUT2D eigenvalue weighted by Gasteiger charge is -2.31. The van der Waals surface area contributed by atoms with Gasteiger partial charge in [0.15, 0.2) is 0 Å². The van der Waals surface area contributed by atoms with E-state index in [0.29, 0.717) is 19.7 Å². The van der Waals surface area contributed by atoms with Crippen LogP contribution in [-0.4, -0.2) is 36.6 Å². The Morgan fingerprint density at radius 2 is 2.30 bits per heavy atom. The second kappa shape index (κ2) is 8.72. The smallest absolute Gasteiger partial charge is 0.321 e. The first kappa shape index (κ1) is 17.5. The summed E-state index contributed by atoms with van der Waals surface area (Å²) in [5, 5.41) is 2.75. The van der Waals surface area contributed by atoms with Crippen LogP contribution in [0.5, 0.6) is 0 Å². The summed E-state index contributed by atoms with van der Waals surface area (Å²) >= 11 is 3.41. The molecule has 0 aliphatic carbocycles. The van der Waals surface area contributed by atoms with Crippen molar-refractivity contribution in [2.75, 3.05) is 19.7 Å². The highest BCUT2D eigenvalue weighted by atomic mass is 79.9.